The van der Waals surface area contributed by atoms with Crippen molar-refractivity contribution in [3.05, 3.63) is 0 Å². The molecule has 16 heavy (non-hydrogen) atoms. The third kappa shape index (κ3) is 1.78. The van der Waals surface area contributed by atoms with E-state index >= 15 is 0 Å². The van der Waals surface area contributed by atoms with Crippen LogP contribution in [0.1, 0.15) is 53.4 Å². The first kappa shape index (κ1) is 12.3. The maximum Gasteiger partial charge on any atom is 0.201 e. The number of quaternary nitrogens is 1. The molecule has 93 valence electrons. The summed E-state index contributed by atoms with van der Waals surface area (Å²) in [6.45, 7) is 8.03. The van der Waals surface area contributed by atoms with Gasteiger partial charge in [0.05, 0.1) is 5.54 Å². The van der Waals surface area contributed by atoms with Crippen LogP contribution in [-0.4, -0.2) is 27.5 Å². The molecule has 4 nitrogen and oxygen atoms in total. The monoisotopic (exact) mass is 228 g/mol. The summed E-state index contributed by atoms with van der Waals surface area (Å²) < 4.78 is 0. The van der Waals surface area contributed by atoms with E-state index in [1.807, 2.05) is 27.7 Å². The summed E-state index contributed by atoms with van der Waals surface area (Å²) in [6.07, 6.45) is 3.79. The number of piperidine rings is 2. The molecular formula is C12H24N2O2+. The minimum atomic E-state index is -0.331. The Morgan fingerprint density at radius 2 is 1.75 bits per heavy atom. The number of nitrogens with zero attached hydrogens (tertiary/aromatic N) is 1. The van der Waals surface area contributed by atoms with Crippen molar-refractivity contribution < 1.29 is 15.5 Å². The molecule has 1 radical (unpaired) electrons. The molecule has 0 aromatic rings. The zero-order valence-corrected chi connectivity index (χ0v) is 10.8. The van der Waals surface area contributed by atoms with Crippen molar-refractivity contribution in [3.63, 3.8) is 0 Å². The number of nitrogens with one attached hydrogen (secondary N) is 1. The van der Waals surface area contributed by atoms with E-state index in [1.54, 1.807) is 0 Å². The largest absolute Gasteiger partial charge is 0.217 e. The normalized spacial score (nSPS) is 42.8. The van der Waals surface area contributed by atoms with E-state index in [0.717, 1.165) is 30.7 Å². The second kappa shape index (κ2) is 3.67. The van der Waals surface area contributed by atoms with Crippen molar-refractivity contribution in [3.8, 4) is 0 Å². The average molecular weight is 228 g/mol. The molecule has 0 spiro atoms. The third-order valence-corrected chi connectivity index (χ3v) is 4.54. The first-order chi connectivity index (χ1) is 7.26. The lowest BCUT2D eigenvalue weighted by Gasteiger charge is -2.51. The molecule has 0 amide bonds. The van der Waals surface area contributed by atoms with E-state index in [1.165, 1.54) is 0 Å². The zero-order chi connectivity index (χ0) is 12.1. The van der Waals surface area contributed by atoms with Crippen LogP contribution >= 0.6 is 0 Å². The molecule has 0 aliphatic carbocycles. The van der Waals surface area contributed by atoms with E-state index in [4.69, 9.17) is 0 Å². The fraction of sp³-hybridized carbons (Fsp3) is 1.00. The Labute approximate surface area is 97.8 Å². The van der Waals surface area contributed by atoms with Crippen molar-refractivity contribution in [2.45, 2.75) is 70.6 Å². The van der Waals surface area contributed by atoms with Gasteiger partial charge < -0.3 is 0 Å². The van der Waals surface area contributed by atoms with Gasteiger partial charge in [-0.2, -0.15) is 5.06 Å². The van der Waals surface area contributed by atoms with E-state index in [-0.39, 0.29) is 17.2 Å². The van der Waals surface area contributed by atoms with Gasteiger partial charge in [-0.05, 0) is 47.0 Å². The van der Waals surface area contributed by atoms with E-state index in [2.05, 4.69) is 0 Å². The molecule has 2 heterocycles. The number of hydrogen-bond donors (Lipinski definition) is 2. The van der Waals surface area contributed by atoms with Crippen LogP contribution in [0.2, 0.25) is 0 Å². The molecule has 3 unspecified atom stereocenters. The Hall–Kier alpha value is -0.160. The Morgan fingerprint density at radius 3 is 2.38 bits per heavy atom. The van der Waals surface area contributed by atoms with Crippen molar-refractivity contribution in [2.75, 3.05) is 0 Å². The molecule has 2 fully saturated rings. The summed E-state index contributed by atoms with van der Waals surface area (Å²) in [5.74, 6) is 0.360. The van der Waals surface area contributed by atoms with Gasteiger partial charge in [-0.15, -0.1) is 5.21 Å². The highest BCUT2D eigenvalue weighted by Gasteiger charge is 2.54. The number of hydrogen-bond acceptors (Lipinski definition) is 2. The first-order valence-electron chi connectivity index (χ1n) is 6.28. The van der Waals surface area contributed by atoms with Crippen molar-refractivity contribution in [1.29, 1.82) is 0 Å². The topological polar surface area (TPSA) is 47.8 Å². The van der Waals surface area contributed by atoms with Crippen LogP contribution in [-0.2, 0) is 5.21 Å². The van der Waals surface area contributed by atoms with Gasteiger partial charge in [0.1, 0.15) is 5.54 Å². The molecule has 2 saturated heterocycles. The molecule has 0 bridgehead atoms. The van der Waals surface area contributed by atoms with Crippen LogP contribution in [0.5, 0.6) is 0 Å². The van der Waals surface area contributed by atoms with Crippen molar-refractivity contribution in [2.24, 2.45) is 5.92 Å². The summed E-state index contributed by atoms with van der Waals surface area (Å²) in [6, 6.07) is 0. The lowest BCUT2D eigenvalue weighted by molar-refractivity contribution is -1.16. The maximum absolute atomic E-state index is 12.3. The van der Waals surface area contributed by atoms with Crippen LogP contribution in [0.15, 0.2) is 0 Å². The van der Waals surface area contributed by atoms with Gasteiger partial charge >= 0.3 is 0 Å². The maximum atomic E-state index is 12.3. The predicted octanol–water partition coefficient (Wildman–Crippen LogP) is 0.995. The minimum Gasteiger partial charge on any atom is -0.217 e. The fourth-order valence-electron chi connectivity index (χ4n) is 3.09. The van der Waals surface area contributed by atoms with Gasteiger partial charge in [0.2, 0.25) is 6.17 Å². The van der Waals surface area contributed by atoms with Crippen LogP contribution in [0.3, 0.4) is 0 Å². The van der Waals surface area contributed by atoms with Crippen LogP contribution < -0.4 is 5.06 Å². The summed E-state index contributed by atoms with van der Waals surface area (Å²) in [5.41, 5.74) is -0.528. The van der Waals surface area contributed by atoms with E-state index < -0.39 is 0 Å². The lowest BCUT2D eigenvalue weighted by atomic mass is 9.76. The summed E-state index contributed by atoms with van der Waals surface area (Å²) in [5, 5.41) is 24.2. The minimum absolute atomic E-state index is 0.197. The number of fused-ring (bicyclic) bond motifs is 1. The second-order valence-electron chi connectivity index (χ2n) is 6.69. The van der Waals surface area contributed by atoms with Crippen LogP contribution in [0.25, 0.3) is 0 Å². The Kier molecular flexibility index (Phi) is 2.82. The predicted molar refractivity (Wildman–Crippen MR) is 59.2 cm³/mol. The molecule has 2 rings (SSSR count). The molecule has 4 heteroatoms. The quantitative estimate of drug-likeness (QED) is 0.649. The number of hydroxylamine groups is 4. The third-order valence-electron chi connectivity index (χ3n) is 4.54. The molecule has 0 saturated carbocycles. The molecule has 2 aliphatic heterocycles. The highest BCUT2D eigenvalue weighted by molar-refractivity contribution is 4.90. The highest BCUT2D eigenvalue weighted by atomic mass is 16.6. The standard InChI is InChI=1S/C12H23N2O2/c1-11(2)7-5-9-6-8-12(3,4)14(16)10(9)13(11)15/h9-10,15H,5-8H2,1-4H3/p+1. The Morgan fingerprint density at radius 1 is 1.19 bits per heavy atom. The fourth-order valence-corrected chi connectivity index (χ4v) is 3.09. The van der Waals surface area contributed by atoms with Gasteiger partial charge in [0.25, 0.3) is 0 Å². The molecule has 2 aliphatic rings. The van der Waals surface area contributed by atoms with Crippen LogP contribution in [0, 0.1) is 5.92 Å². The van der Waals surface area contributed by atoms with Gasteiger partial charge in [0.15, 0.2) is 0 Å². The lowest BCUT2D eigenvalue weighted by Crippen LogP contribution is -3.24. The molecule has 0 aromatic heterocycles. The van der Waals surface area contributed by atoms with Crippen molar-refractivity contribution >= 4 is 0 Å². The van der Waals surface area contributed by atoms with Gasteiger partial charge in [0, 0.05) is 12.3 Å². The van der Waals surface area contributed by atoms with E-state index in [9.17, 15) is 10.4 Å². The van der Waals surface area contributed by atoms with Gasteiger partial charge in [-0.3, -0.25) is 0 Å². The summed E-state index contributed by atoms with van der Waals surface area (Å²) in [7, 11) is 0. The van der Waals surface area contributed by atoms with Gasteiger partial charge in [-0.25, -0.2) is 5.21 Å². The first-order valence-corrected chi connectivity index (χ1v) is 6.28. The SMILES string of the molecule is CC1(C)CCC2CCC(C)(C)[NH+](O)C2N1[O]. The summed E-state index contributed by atoms with van der Waals surface area (Å²) in [4.78, 5) is 0. The van der Waals surface area contributed by atoms with Gasteiger partial charge in [-0.1, -0.05) is 5.06 Å². The summed E-state index contributed by atoms with van der Waals surface area (Å²) >= 11 is 0. The van der Waals surface area contributed by atoms with E-state index in [0.29, 0.717) is 11.0 Å². The zero-order valence-electron chi connectivity index (χ0n) is 10.8. The smallest absolute Gasteiger partial charge is 0.201 e. The van der Waals surface area contributed by atoms with Crippen molar-refractivity contribution in [1.82, 2.24) is 5.06 Å². The second-order valence-corrected chi connectivity index (χ2v) is 6.69. The molecule has 0 aromatic carbocycles. The Bertz CT molecular complexity index is 252. The highest BCUT2D eigenvalue weighted by Crippen LogP contribution is 2.37. The molecular weight excluding hydrogens is 204 g/mol. The number of rotatable bonds is 0. The Balaban J connectivity index is 2.24. The van der Waals surface area contributed by atoms with Crippen LogP contribution in [0.4, 0.5) is 0 Å². The molecule has 2 N–H and O–H groups in total. The average Bonchev–Trinajstić information content (AvgIpc) is 2.18. The molecule has 3 atom stereocenters.